The van der Waals surface area contributed by atoms with E-state index in [2.05, 4.69) is 4.98 Å². The molecule has 18 heavy (non-hydrogen) atoms. The first-order valence-corrected chi connectivity index (χ1v) is 6.39. The molecule has 1 N–H and O–H groups in total. The molecule has 1 aliphatic carbocycles. The van der Waals surface area contributed by atoms with Gasteiger partial charge in [0.2, 0.25) is 0 Å². The molecule has 4 heteroatoms. The van der Waals surface area contributed by atoms with Crippen LogP contribution in [0, 0.1) is 6.92 Å². The number of imidazole rings is 1. The summed E-state index contributed by atoms with van der Waals surface area (Å²) in [5, 5.41) is 9.29. The minimum absolute atomic E-state index is 0.190. The first kappa shape index (κ1) is 11.3. The van der Waals surface area contributed by atoms with E-state index in [1.54, 1.807) is 0 Å². The van der Waals surface area contributed by atoms with Crippen molar-refractivity contribution in [2.75, 3.05) is 0 Å². The van der Waals surface area contributed by atoms with Gasteiger partial charge in [-0.05, 0) is 31.4 Å². The molecule has 4 nitrogen and oxygen atoms in total. The molecule has 2 heterocycles. The van der Waals surface area contributed by atoms with Crippen molar-refractivity contribution >= 4 is 11.5 Å². The Labute approximate surface area is 105 Å². The molecule has 2 aromatic heterocycles. The smallest absolute Gasteiger partial charge is 0.356 e. The number of nitrogens with zero attached hydrogens (tertiary/aromatic N) is 2. The van der Waals surface area contributed by atoms with Gasteiger partial charge in [-0.3, -0.25) is 0 Å². The van der Waals surface area contributed by atoms with Crippen LogP contribution in [-0.2, 0) is 0 Å². The molecule has 3 rings (SSSR count). The maximum absolute atomic E-state index is 11.3. The molecular weight excluding hydrogens is 228 g/mol. The Morgan fingerprint density at radius 1 is 1.44 bits per heavy atom. The standard InChI is InChI=1S/C14H16N2O2/c1-9-5-4-8-16-12(9)11(14(17)18)15-13(16)10-6-2-3-7-10/h4-5,8,10H,2-3,6-7H2,1H3,(H,17,18). The summed E-state index contributed by atoms with van der Waals surface area (Å²) in [7, 11) is 0. The van der Waals surface area contributed by atoms with Crippen molar-refractivity contribution in [1.82, 2.24) is 9.38 Å². The lowest BCUT2D eigenvalue weighted by Crippen LogP contribution is -2.00. The third-order valence-electron chi connectivity index (χ3n) is 3.82. The van der Waals surface area contributed by atoms with Gasteiger partial charge in [0, 0.05) is 12.1 Å². The number of fused-ring (bicyclic) bond motifs is 1. The van der Waals surface area contributed by atoms with Gasteiger partial charge in [0.15, 0.2) is 5.69 Å². The van der Waals surface area contributed by atoms with Crippen LogP contribution in [0.15, 0.2) is 18.3 Å². The van der Waals surface area contributed by atoms with Crippen molar-refractivity contribution in [3.63, 3.8) is 0 Å². The quantitative estimate of drug-likeness (QED) is 0.883. The lowest BCUT2D eigenvalue weighted by molar-refractivity contribution is 0.0693. The van der Waals surface area contributed by atoms with Gasteiger partial charge in [-0.1, -0.05) is 18.9 Å². The van der Waals surface area contributed by atoms with E-state index < -0.39 is 5.97 Å². The van der Waals surface area contributed by atoms with Crippen LogP contribution in [-0.4, -0.2) is 20.5 Å². The Balaban J connectivity index is 2.26. The Bertz CT molecular complexity index is 610. The largest absolute Gasteiger partial charge is 0.476 e. The van der Waals surface area contributed by atoms with Gasteiger partial charge in [-0.2, -0.15) is 0 Å². The van der Waals surface area contributed by atoms with E-state index in [9.17, 15) is 9.90 Å². The van der Waals surface area contributed by atoms with E-state index in [1.165, 1.54) is 12.8 Å². The summed E-state index contributed by atoms with van der Waals surface area (Å²) < 4.78 is 1.97. The summed E-state index contributed by atoms with van der Waals surface area (Å²) in [6.07, 6.45) is 6.59. The highest BCUT2D eigenvalue weighted by Crippen LogP contribution is 2.34. The van der Waals surface area contributed by atoms with E-state index in [0.717, 1.165) is 29.7 Å². The Morgan fingerprint density at radius 3 is 2.83 bits per heavy atom. The number of pyridine rings is 1. The third kappa shape index (κ3) is 1.60. The normalized spacial score (nSPS) is 16.5. The molecule has 0 aliphatic heterocycles. The summed E-state index contributed by atoms with van der Waals surface area (Å²) in [5.41, 5.74) is 1.90. The van der Waals surface area contributed by atoms with Crippen molar-refractivity contribution in [3.05, 3.63) is 35.4 Å². The molecular formula is C14H16N2O2. The van der Waals surface area contributed by atoms with Crippen molar-refractivity contribution in [1.29, 1.82) is 0 Å². The van der Waals surface area contributed by atoms with Crippen LogP contribution in [0.5, 0.6) is 0 Å². The van der Waals surface area contributed by atoms with E-state index >= 15 is 0 Å². The number of carboxylic acid groups (broad SMARTS) is 1. The molecule has 0 spiro atoms. The van der Waals surface area contributed by atoms with Gasteiger partial charge in [-0.15, -0.1) is 0 Å². The Kier molecular flexibility index (Phi) is 2.58. The van der Waals surface area contributed by atoms with E-state index in [4.69, 9.17) is 0 Å². The molecule has 1 saturated carbocycles. The first-order valence-electron chi connectivity index (χ1n) is 6.39. The topological polar surface area (TPSA) is 54.6 Å². The lowest BCUT2D eigenvalue weighted by atomic mass is 10.1. The van der Waals surface area contributed by atoms with E-state index in [1.807, 2.05) is 29.7 Å². The van der Waals surface area contributed by atoms with Crippen LogP contribution >= 0.6 is 0 Å². The number of hydrogen-bond donors (Lipinski definition) is 1. The summed E-state index contributed by atoms with van der Waals surface area (Å²) in [6.45, 7) is 1.93. The zero-order chi connectivity index (χ0) is 12.7. The second-order valence-electron chi connectivity index (χ2n) is 5.01. The summed E-state index contributed by atoms with van der Waals surface area (Å²) in [6, 6.07) is 3.88. The van der Waals surface area contributed by atoms with Crippen molar-refractivity contribution < 1.29 is 9.90 Å². The molecule has 1 fully saturated rings. The van der Waals surface area contributed by atoms with Crippen LogP contribution in [0.3, 0.4) is 0 Å². The summed E-state index contributed by atoms with van der Waals surface area (Å²) in [5.74, 6) is 0.391. The van der Waals surface area contributed by atoms with Crippen molar-refractivity contribution in [2.45, 2.75) is 38.5 Å². The Hall–Kier alpha value is -1.84. The number of carboxylic acids is 1. The maximum atomic E-state index is 11.3. The zero-order valence-corrected chi connectivity index (χ0v) is 10.4. The van der Waals surface area contributed by atoms with Crippen LogP contribution in [0.2, 0.25) is 0 Å². The highest BCUT2D eigenvalue weighted by molar-refractivity contribution is 5.94. The molecule has 0 radical (unpaired) electrons. The molecule has 0 aromatic carbocycles. The van der Waals surface area contributed by atoms with Gasteiger partial charge in [0.05, 0.1) is 5.52 Å². The zero-order valence-electron chi connectivity index (χ0n) is 10.4. The molecule has 0 saturated heterocycles. The number of aromatic carboxylic acids is 1. The third-order valence-corrected chi connectivity index (χ3v) is 3.82. The van der Waals surface area contributed by atoms with Gasteiger partial charge in [0.25, 0.3) is 0 Å². The summed E-state index contributed by atoms with van der Waals surface area (Å²) >= 11 is 0. The molecule has 0 amide bonds. The minimum Gasteiger partial charge on any atom is -0.476 e. The molecule has 0 atom stereocenters. The average Bonchev–Trinajstić information content (AvgIpc) is 2.95. The van der Waals surface area contributed by atoms with E-state index in [-0.39, 0.29) is 5.69 Å². The highest BCUT2D eigenvalue weighted by atomic mass is 16.4. The maximum Gasteiger partial charge on any atom is 0.356 e. The number of rotatable bonds is 2. The SMILES string of the molecule is Cc1cccn2c(C3CCCC3)nc(C(=O)O)c12. The summed E-state index contributed by atoms with van der Waals surface area (Å²) in [4.78, 5) is 15.7. The second-order valence-corrected chi connectivity index (χ2v) is 5.01. The Morgan fingerprint density at radius 2 is 2.17 bits per heavy atom. The molecule has 1 aliphatic rings. The van der Waals surface area contributed by atoms with Crippen molar-refractivity contribution in [3.8, 4) is 0 Å². The molecule has 94 valence electrons. The fraction of sp³-hybridized carbons (Fsp3) is 0.429. The minimum atomic E-state index is -0.939. The number of aromatic nitrogens is 2. The van der Waals surface area contributed by atoms with Gasteiger partial charge >= 0.3 is 5.97 Å². The van der Waals surface area contributed by atoms with Crippen LogP contribution < -0.4 is 0 Å². The second kappa shape index (κ2) is 4.12. The number of carbonyl (C=O) groups is 1. The van der Waals surface area contributed by atoms with Gasteiger partial charge < -0.3 is 9.51 Å². The fourth-order valence-electron chi connectivity index (χ4n) is 2.95. The van der Waals surface area contributed by atoms with Crippen LogP contribution in [0.4, 0.5) is 0 Å². The van der Waals surface area contributed by atoms with Gasteiger partial charge in [0.1, 0.15) is 5.82 Å². The molecule has 2 aromatic rings. The van der Waals surface area contributed by atoms with Crippen LogP contribution in [0.25, 0.3) is 5.52 Å². The van der Waals surface area contributed by atoms with Gasteiger partial charge in [-0.25, -0.2) is 9.78 Å². The predicted octanol–water partition coefficient (Wildman–Crippen LogP) is 3.00. The highest BCUT2D eigenvalue weighted by Gasteiger charge is 2.25. The molecule has 0 unspecified atom stereocenters. The average molecular weight is 244 g/mol. The predicted molar refractivity (Wildman–Crippen MR) is 68.1 cm³/mol. The number of hydrogen-bond acceptors (Lipinski definition) is 2. The van der Waals surface area contributed by atoms with Crippen LogP contribution in [0.1, 0.15) is 53.5 Å². The first-order chi connectivity index (χ1) is 8.68. The monoisotopic (exact) mass is 244 g/mol. The number of aryl methyl sites for hydroxylation is 1. The van der Waals surface area contributed by atoms with Crippen molar-refractivity contribution in [2.24, 2.45) is 0 Å². The van der Waals surface area contributed by atoms with E-state index in [0.29, 0.717) is 5.92 Å². The lowest BCUT2D eigenvalue weighted by Gasteiger charge is -2.08. The molecule has 0 bridgehead atoms. The fourth-order valence-corrected chi connectivity index (χ4v) is 2.95.